The molecular formula is C27H28IN3O4S. The van der Waals surface area contributed by atoms with Gasteiger partial charge in [-0.05, 0) is 73.2 Å². The number of halogens is 1. The van der Waals surface area contributed by atoms with E-state index >= 15 is 0 Å². The minimum Gasteiger partial charge on any atom is -0.496 e. The van der Waals surface area contributed by atoms with Crippen LogP contribution in [0.5, 0.6) is 11.5 Å². The normalized spacial score (nSPS) is 15.4. The summed E-state index contributed by atoms with van der Waals surface area (Å²) in [6.45, 7) is 6.85. The van der Waals surface area contributed by atoms with E-state index in [2.05, 4.69) is 22.6 Å². The second kappa shape index (κ2) is 11.0. The number of benzene rings is 2. The SMILES string of the molecule is CCN(CC)C(=O)C1=C(C)N=c2s/c(=C/c3ccc(OC)c(I)c3)c(=O)n2[C@@H]1c1ccccc1OC. The summed E-state index contributed by atoms with van der Waals surface area (Å²) in [7, 11) is 3.23. The van der Waals surface area contributed by atoms with Crippen LogP contribution in [0.2, 0.25) is 0 Å². The van der Waals surface area contributed by atoms with E-state index in [4.69, 9.17) is 14.5 Å². The van der Waals surface area contributed by atoms with Gasteiger partial charge in [0.05, 0.1) is 33.6 Å². The molecule has 0 saturated carbocycles. The second-order valence-electron chi connectivity index (χ2n) is 8.20. The first-order valence-electron chi connectivity index (χ1n) is 11.6. The maximum absolute atomic E-state index is 13.9. The first-order valence-corrected chi connectivity index (χ1v) is 13.5. The highest BCUT2D eigenvalue weighted by molar-refractivity contribution is 14.1. The van der Waals surface area contributed by atoms with Crippen molar-refractivity contribution < 1.29 is 14.3 Å². The number of fused-ring (bicyclic) bond motifs is 1. The molecule has 1 amide bonds. The number of allylic oxidation sites excluding steroid dienone is 1. The fourth-order valence-electron chi connectivity index (χ4n) is 4.39. The Morgan fingerprint density at radius 2 is 1.83 bits per heavy atom. The topological polar surface area (TPSA) is 73.1 Å². The lowest BCUT2D eigenvalue weighted by atomic mass is 9.94. The van der Waals surface area contributed by atoms with Crippen LogP contribution in [-0.2, 0) is 4.79 Å². The van der Waals surface area contributed by atoms with Gasteiger partial charge in [0, 0.05) is 18.7 Å². The number of methoxy groups -OCH3 is 2. The highest BCUT2D eigenvalue weighted by Gasteiger charge is 2.35. The number of carbonyl (C=O) groups excluding carboxylic acids is 1. The summed E-state index contributed by atoms with van der Waals surface area (Å²) in [4.78, 5) is 34.6. The van der Waals surface area contributed by atoms with E-state index in [0.29, 0.717) is 39.4 Å². The van der Waals surface area contributed by atoms with E-state index < -0.39 is 6.04 Å². The first-order chi connectivity index (χ1) is 17.3. The number of aromatic nitrogens is 1. The number of nitrogens with zero attached hydrogens (tertiary/aromatic N) is 3. The largest absolute Gasteiger partial charge is 0.496 e. The third-order valence-electron chi connectivity index (χ3n) is 6.21. The lowest BCUT2D eigenvalue weighted by Gasteiger charge is -2.29. The number of hydrogen-bond acceptors (Lipinski definition) is 6. The molecule has 3 aromatic rings. The predicted octanol–water partition coefficient (Wildman–Crippen LogP) is 3.73. The summed E-state index contributed by atoms with van der Waals surface area (Å²) >= 11 is 3.53. The molecule has 4 rings (SSSR count). The van der Waals surface area contributed by atoms with Crippen molar-refractivity contribution in [1.82, 2.24) is 9.47 Å². The summed E-state index contributed by atoms with van der Waals surface area (Å²) in [5, 5.41) is 0. The van der Waals surface area contributed by atoms with Crippen molar-refractivity contribution in [2.24, 2.45) is 4.99 Å². The average Bonchev–Trinajstić information content (AvgIpc) is 3.18. The molecule has 0 unspecified atom stereocenters. The molecule has 0 bridgehead atoms. The summed E-state index contributed by atoms with van der Waals surface area (Å²) in [5.74, 6) is 1.26. The van der Waals surface area contributed by atoms with Gasteiger partial charge in [0.25, 0.3) is 11.5 Å². The van der Waals surface area contributed by atoms with E-state index in [-0.39, 0.29) is 11.5 Å². The van der Waals surface area contributed by atoms with Crippen molar-refractivity contribution in [2.45, 2.75) is 26.8 Å². The third kappa shape index (κ3) is 4.73. The quantitative estimate of drug-likeness (QED) is 0.379. The molecule has 36 heavy (non-hydrogen) atoms. The van der Waals surface area contributed by atoms with Crippen molar-refractivity contribution in [3.63, 3.8) is 0 Å². The summed E-state index contributed by atoms with van der Waals surface area (Å²) in [6, 6.07) is 12.6. The fourth-order valence-corrected chi connectivity index (χ4v) is 6.19. The second-order valence-corrected chi connectivity index (χ2v) is 10.4. The number of ether oxygens (including phenoxy) is 2. The Bertz CT molecular complexity index is 1520. The van der Waals surface area contributed by atoms with Gasteiger partial charge in [-0.15, -0.1) is 0 Å². The van der Waals surface area contributed by atoms with Gasteiger partial charge in [0.2, 0.25) is 0 Å². The van der Waals surface area contributed by atoms with Crippen LogP contribution in [0.25, 0.3) is 6.08 Å². The van der Waals surface area contributed by atoms with Crippen molar-refractivity contribution in [2.75, 3.05) is 27.3 Å². The smallest absolute Gasteiger partial charge is 0.271 e. The number of amides is 1. The third-order valence-corrected chi connectivity index (χ3v) is 8.04. The predicted molar refractivity (Wildman–Crippen MR) is 150 cm³/mol. The van der Waals surface area contributed by atoms with Gasteiger partial charge in [-0.1, -0.05) is 35.6 Å². The molecule has 0 saturated heterocycles. The maximum Gasteiger partial charge on any atom is 0.271 e. The Morgan fingerprint density at radius 3 is 2.47 bits per heavy atom. The molecule has 1 aliphatic rings. The van der Waals surface area contributed by atoms with Crippen LogP contribution in [0.3, 0.4) is 0 Å². The Hall–Kier alpha value is -2.92. The molecule has 0 N–H and O–H groups in total. The molecule has 2 aromatic carbocycles. The van der Waals surface area contributed by atoms with Crippen molar-refractivity contribution in [3.05, 3.63) is 88.1 Å². The highest BCUT2D eigenvalue weighted by Crippen LogP contribution is 2.36. The van der Waals surface area contributed by atoms with E-state index in [1.54, 1.807) is 23.7 Å². The van der Waals surface area contributed by atoms with Gasteiger partial charge >= 0.3 is 0 Å². The molecule has 1 atom stereocenters. The lowest BCUT2D eigenvalue weighted by Crippen LogP contribution is -2.43. The molecule has 0 spiro atoms. The minimum atomic E-state index is -0.649. The summed E-state index contributed by atoms with van der Waals surface area (Å²) in [5.41, 5.74) is 2.53. The Morgan fingerprint density at radius 1 is 1.14 bits per heavy atom. The van der Waals surface area contributed by atoms with Gasteiger partial charge < -0.3 is 14.4 Å². The summed E-state index contributed by atoms with van der Waals surface area (Å²) < 4.78 is 14.1. The molecule has 0 radical (unpaired) electrons. The molecule has 188 valence electrons. The molecule has 1 aliphatic heterocycles. The molecule has 0 aliphatic carbocycles. The van der Waals surface area contributed by atoms with Crippen molar-refractivity contribution >= 4 is 45.9 Å². The fraction of sp³-hybridized carbons (Fsp3) is 0.296. The zero-order valence-electron chi connectivity index (χ0n) is 20.9. The zero-order chi connectivity index (χ0) is 26.0. The van der Waals surface area contributed by atoms with Gasteiger partial charge in [-0.25, -0.2) is 4.99 Å². The summed E-state index contributed by atoms with van der Waals surface area (Å²) in [6.07, 6.45) is 1.86. The zero-order valence-corrected chi connectivity index (χ0v) is 23.8. The van der Waals surface area contributed by atoms with Crippen LogP contribution in [0, 0.1) is 3.57 Å². The van der Waals surface area contributed by atoms with Crippen LogP contribution < -0.4 is 24.4 Å². The van der Waals surface area contributed by atoms with Crippen LogP contribution in [0.4, 0.5) is 0 Å². The standard InChI is InChI=1S/C27H28IN3O4S/c1-6-30(7-2)26(33)23-16(3)29-27-31(24(23)18-10-8-9-11-20(18)34-4)25(32)22(36-27)15-17-12-13-21(35-5)19(28)14-17/h8-15,24H,6-7H2,1-5H3/b22-15+/t24-/m1/s1. The lowest BCUT2D eigenvalue weighted by molar-refractivity contribution is -0.127. The Kier molecular flexibility index (Phi) is 7.99. The van der Waals surface area contributed by atoms with E-state index in [1.807, 2.05) is 69.3 Å². The number of rotatable bonds is 7. The van der Waals surface area contributed by atoms with Crippen LogP contribution in [-0.4, -0.2) is 42.7 Å². The first kappa shape index (κ1) is 26.2. The Balaban J connectivity index is 1.97. The van der Waals surface area contributed by atoms with Crippen LogP contribution in [0.15, 0.2) is 63.5 Å². The number of likely N-dealkylation sites (N-methyl/N-ethyl adjacent to an activating group) is 1. The number of hydrogen-bond donors (Lipinski definition) is 0. The number of para-hydroxylation sites is 1. The molecule has 0 fully saturated rings. The van der Waals surface area contributed by atoms with E-state index in [0.717, 1.165) is 20.4 Å². The van der Waals surface area contributed by atoms with Crippen LogP contribution >= 0.6 is 33.9 Å². The van der Waals surface area contributed by atoms with E-state index in [9.17, 15) is 9.59 Å². The minimum absolute atomic E-state index is 0.129. The van der Waals surface area contributed by atoms with Gasteiger partial charge in [-0.3, -0.25) is 14.2 Å². The van der Waals surface area contributed by atoms with Crippen molar-refractivity contribution in [1.29, 1.82) is 0 Å². The van der Waals surface area contributed by atoms with Gasteiger partial charge in [0.1, 0.15) is 17.5 Å². The highest BCUT2D eigenvalue weighted by atomic mass is 127. The van der Waals surface area contributed by atoms with Gasteiger partial charge in [0.15, 0.2) is 4.80 Å². The number of thiazole rings is 1. The molecule has 7 nitrogen and oxygen atoms in total. The maximum atomic E-state index is 13.9. The van der Waals surface area contributed by atoms with Crippen molar-refractivity contribution in [3.8, 4) is 11.5 Å². The monoisotopic (exact) mass is 617 g/mol. The van der Waals surface area contributed by atoms with Crippen LogP contribution in [0.1, 0.15) is 37.9 Å². The molecular weight excluding hydrogens is 589 g/mol. The molecule has 2 heterocycles. The van der Waals surface area contributed by atoms with E-state index in [1.165, 1.54) is 11.3 Å². The molecule has 9 heteroatoms. The number of carbonyl (C=O) groups is 1. The molecule has 1 aromatic heterocycles. The van der Waals surface area contributed by atoms with Gasteiger partial charge in [-0.2, -0.15) is 0 Å². The average molecular weight is 618 g/mol. The Labute approximate surface area is 227 Å².